The Morgan fingerprint density at radius 3 is 2.22 bits per heavy atom. The molecule has 0 unspecified atom stereocenters. The number of alkyl halides is 3. The third-order valence-electron chi connectivity index (χ3n) is 9.37. The minimum atomic E-state index is -4.59. The molecule has 51 heavy (non-hydrogen) atoms. The number of hydrogen-bond donors (Lipinski definition) is 0. The summed E-state index contributed by atoms with van der Waals surface area (Å²) in [6, 6.07) is 8.96. The molecule has 1 aliphatic heterocycles. The van der Waals surface area contributed by atoms with Gasteiger partial charge < -0.3 is 18.9 Å². The molecule has 0 N–H and O–H groups in total. The third kappa shape index (κ3) is 9.36. The topological polar surface area (TPSA) is 130 Å². The number of nitrogens with zero attached hydrogens (tertiary/aromatic N) is 4. The van der Waals surface area contributed by atoms with Crippen LogP contribution in [0.1, 0.15) is 63.8 Å². The van der Waals surface area contributed by atoms with Gasteiger partial charge in [-0.15, -0.1) is 0 Å². The van der Waals surface area contributed by atoms with E-state index in [0.29, 0.717) is 29.5 Å². The van der Waals surface area contributed by atoms with Crippen molar-refractivity contribution in [3.63, 3.8) is 0 Å². The van der Waals surface area contributed by atoms with Gasteiger partial charge in [0.15, 0.2) is 11.0 Å². The predicted octanol–water partition coefficient (Wildman–Crippen LogP) is 6.81. The van der Waals surface area contributed by atoms with Crippen molar-refractivity contribution in [2.45, 2.75) is 71.6 Å². The van der Waals surface area contributed by atoms with Crippen LogP contribution in [-0.2, 0) is 39.5 Å². The van der Waals surface area contributed by atoms with Gasteiger partial charge in [-0.2, -0.15) is 13.2 Å². The fraction of sp³-hybridized carbons (Fsp3) is 0.457. The number of hydrogen-bond acceptors (Lipinski definition) is 8. The van der Waals surface area contributed by atoms with Gasteiger partial charge in [-0.25, -0.2) is 26.0 Å². The summed E-state index contributed by atoms with van der Waals surface area (Å²) in [5.41, 5.74) is 2.64. The highest BCUT2D eigenvalue weighted by molar-refractivity contribution is 7.85. The third-order valence-corrected chi connectivity index (χ3v) is 11.2. The molecule has 0 spiro atoms. The smallest absolute Gasteiger partial charge is 0.416 e. The van der Waals surface area contributed by atoms with Gasteiger partial charge in [-0.3, -0.25) is 0 Å². The SMILES string of the molecule is CCN1\C(=C/C=C(/C=C/c2n(CCCS(=O)(=O)[O-])c3cc(C(F)(F)F)ccc3[n+]2CC)C2CCCC2)N(CCCS(=O)(=O)[O-])c2cc(Cl)ccc21. The lowest BCUT2D eigenvalue weighted by molar-refractivity contribution is -0.670. The Morgan fingerprint density at radius 2 is 1.61 bits per heavy atom. The lowest BCUT2D eigenvalue weighted by atomic mass is 9.96. The zero-order chi connectivity index (χ0) is 37.1. The van der Waals surface area contributed by atoms with Gasteiger partial charge in [-0.05, 0) is 87.4 Å². The molecular formula is C35H41ClF3N4O6S2-. The first-order valence-electron chi connectivity index (χ1n) is 17.0. The second kappa shape index (κ2) is 15.7. The average Bonchev–Trinajstić information content (AvgIpc) is 3.75. The van der Waals surface area contributed by atoms with E-state index in [-0.39, 0.29) is 37.4 Å². The van der Waals surface area contributed by atoms with E-state index in [2.05, 4.69) is 4.90 Å². The van der Waals surface area contributed by atoms with Crippen molar-refractivity contribution < 1.29 is 43.7 Å². The lowest BCUT2D eigenvalue weighted by Crippen LogP contribution is -2.35. The van der Waals surface area contributed by atoms with Crippen LogP contribution < -0.4 is 14.4 Å². The van der Waals surface area contributed by atoms with Crippen LogP contribution in [0.4, 0.5) is 24.5 Å². The van der Waals surface area contributed by atoms with Gasteiger partial charge in [0.2, 0.25) is 0 Å². The molecule has 278 valence electrons. The normalized spacial score (nSPS) is 17.2. The molecular weight excluding hydrogens is 729 g/mol. The molecule has 3 aromatic rings. The summed E-state index contributed by atoms with van der Waals surface area (Å²) in [6.07, 6.45) is 7.13. The van der Waals surface area contributed by atoms with E-state index in [1.165, 1.54) is 6.07 Å². The molecule has 2 aromatic carbocycles. The number of anilines is 2. The van der Waals surface area contributed by atoms with E-state index in [0.717, 1.165) is 60.6 Å². The van der Waals surface area contributed by atoms with Crippen LogP contribution in [0, 0.1) is 5.92 Å². The van der Waals surface area contributed by atoms with Crippen LogP contribution in [0.15, 0.2) is 66.0 Å². The van der Waals surface area contributed by atoms with Gasteiger partial charge >= 0.3 is 6.18 Å². The quantitative estimate of drug-likeness (QED) is 0.0994. The summed E-state index contributed by atoms with van der Waals surface area (Å²) in [7, 11) is -8.95. The summed E-state index contributed by atoms with van der Waals surface area (Å²) in [5, 5.41) is 0.507. The van der Waals surface area contributed by atoms with Crippen molar-refractivity contribution in [2.75, 3.05) is 34.4 Å². The number of benzene rings is 2. The van der Waals surface area contributed by atoms with E-state index < -0.39 is 43.5 Å². The van der Waals surface area contributed by atoms with Crippen LogP contribution in [0.5, 0.6) is 0 Å². The molecule has 5 rings (SSSR count). The second-order valence-corrected chi connectivity index (χ2v) is 16.2. The highest BCUT2D eigenvalue weighted by Gasteiger charge is 2.34. The van der Waals surface area contributed by atoms with Crippen LogP contribution in [0.2, 0.25) is 5.02 Å². The van der Waals surface area contributed by atoms with Crippen LogP contribution in [0.25, 0.3) is 17.1 Å². The van der Waals surface area contributed by atoms with E-state index in [4.69, 9.17) is 11.6 Å². The second-order valence-electron chi connectivity index (χ2n) is 12.7. The van der Waals surface area contributed by atoms with Crippen molar-refractivity contribution in [1.82, 2.24) is 4.57 Å². The summed E-state index contributed by atoms with van der Waals surface area (Å²) in [4.78, 5) is 4.03. The summed E-state index contributed by atoms with van der Waals surface area (Å²) in [6.45, 7) is 5.14. The van der Waals surface area contributed by atoms with Gasteiger partial charge in [0.05, 0.1) is 50.3 Å². The zero-order valence-electron chi connectivity index (χ0n) is 28.4. The highest BCUT2D eigenvalue weighted by Crippen LogP contribution is 2.43. The summed E-state index contributed by atoms with van der Waals surface area (Å²) < 4.78 is 113. The molecule has 1 aliphatic carbocycles. The monoisotopic (exact) mass is 769 g/mol. The Hall–Kier alpha value is -3.37. The van der Waals surface area contributed by atoms with Gasteiger partial charge in [-0.1, -0.05) is 36.6 Å². The molecule has 1 aromatic heterocycles. The summed E-state index contributed by atoms with van der Waals surface area (Å²) >= 11 is 6.36. The van der Waals surface area contributed by atoms with Gasteiger partial charge in [0.25, 0.3) is 5.82 Å². The Labute approximate surface area is 302 Å². The maximum atomic E-state index is 13.8. The molecule has 0 saturated heterocycles. The van der Waals surface area contributed by atoms with Crippen LogP contribution in [0.3, 0.4) is 0 Å². The van der Waals surface area contributed by atoms with Crippen molar-refractivity contribution in [2.24, 2.45) is 5.92 Å². The maximum Gasteiger partial charge on any atom is 0.416 e. The molecule has 1 saturated carbocycles. The van der Waals surface area contributed by atoms with Crippen molar-refractivity contribution in [1.29, 1.82) is 0 Å². The number of allylic oxidation sites excluding steroid dienone is 4. The molecule has 2 aliphatic rings. The van der Waals surface area contributed by atoms with E-state index in [9.17, 15) is 39.1 Å². The van der Waals surface area contributed by atoms with Gasteiger partial charge in [0.1, 0.15) is 5.82 Å². The Morgan fingerprint density at radius 1 is 0.941 bits per heavy atom. The molecule has 0 amide bonds. The number of aryl methyl sites for hydroxylation is 2. The molecule has 16 heteroatoms. The first kappa shape index (κ1) is 38.9. The predicted molar refractivity (Wildman–Crippen MR) is 190 cm³/mol. The van der Waals surface area contributed by atoms with Gasteiger partial charge in [0, 0.05) is 41.8 Å². The highest BCUT2D eigenvalue weighted by atomic mass is 35.5. The molecule has 2 heterocycles. The number of halogens is 4. The van der Waals surface area contributed by atoms with Crippen molar-refractivity contribution in [3.8, 4) is 0 Å². The lowest BCUT2D eigenvalue weighted by Gasteiger charge is -2.25. The zero-order valence-corrected chi connectivity index (χ0v) is 30.8. The molecule has 10 nitrogen and oxygen atoms in total. The number of aromatic nitrogens is 2. The van der Waals surface area contributed by atoms with Crippen molar-refractivity contribution >= 4 is 60.3 Å². The Kier molecular flexibility index (Phi) is 12.0. The first-order chi connectivity index (χ1) is 24.0. The van der Waals surface area contributed by atoms with Crippen LogP contribution >= 0.6 is 11.6 Å². The van der Waals surface area contributed by atoms with Crippen molar-refractivity contribution in [3.05, 3.63) is 82.4 Å². The minimum Gasteiger partial charge on any atom is -0.748 e. The van der Waals surface area contributed by atoms with E-state index in [1.54, 1.807) is 16.7 Å². The number of imidazole rings is 1. The standard InChI is InChI=1S/C35H42ClF3N4O6S2/c1-3-40-29-15-13-27(35(37,38)39)23-31(29)42(19-7-21-50(44,45)46)33(40)17-11-26(25-9-5-6-10-25)12-18-34-41(4-2)30-16-14-28(36)24-32(30)43(34)20-8-22-51(47,48)49/h11-18,23-25H,3-10,19-22H2,1-2H3,(H-,44,45,46,47,48,49)/p-1. The van der Waals surface area contributed by atoms with Crippen LogP contribution in [-0.4, -0.2) is 55.1 Å². The number of fused-ring (bicyclic) bond motifs is 2. The molecule has 0 atom stereocenters. The Bertz CT molecular complexity index is 2070. The van der Waals surface area contributed by atoms with E-state index in [1.807, 2.05) is 53.7 Å². The minimum absolute atomic E-state index is 0.0127. The summed E-state index contributed by atoms with van der Waals surface area (Å²) in [5.74, 6) is 0.367. The first-order valence-corrected chi connectivity index (χ1v) is 20.5. The Balaban J connectivity index is 1.60. The average molecular weight is 770 g/mol. The molecule has 0 bridgehead atoms. The molecule has 0 radical (unpaired) electrons. The van der Waals surface area contributed by atoms with E-state index >= 15 is 0 Å². The fourth-order valence-corrected chi connectivity index (χ4v) is 8.22. The fourth-order valence-electron chi connectivity index (χ4n) is 7.09. The molecule has 1 fully saturated rings. The number of rotatable bonds is 14. The largest absolute Gasteiger partial charge is 0.748 e. The maximum absolute atomic E-state index is 13.8.